The van der Waals surface area contributed by atoms with E-state index in [2.05, 4.69) is 38.6 Å². The van der Waals surface area contributed by atoms with Crippen molar-refractivity contribution < 1.29 is 18.0 Å². The Morgan fingerprint density at radius 2 is 1.95 bits per heavy atom. The van der Waals surface area contributed by atoms with E-state index < -0.39 is 17.6 Å². The molecule has 198 valence electrons. The molecule has 1 aromatic carbocycles. The number of rotatable bonds is 5. The van der Waals surface area contributed by atoms with Crippen molar-refractivity contribution in [3.8, 4) is 11.3 Å². The molecular formula is C27H28F3N7O. The molecule has 1 atom stereocenters. The summed E-state index contributed by atoms with van der Waals surface area (Å²) in [5.74, 6) is 0.815. The van der Waals surface area contributed by atoms with Gasteiger partial charge in [0.1, 0.15) is 28.7 Å². The van der Waals surface area contributed by atoms with Crippen molar-refractivity contribution in [3.63, 3.8) is 0 Å². The number of carbonyl (C=O) groups is 1. The van der Waals surface area contributed by atoms with E-state index in [0.717, 1.165) is 73.3 Å². The molecule has 1 aliphatic heterocycles. The zero-order valence-corrected chi connectivity index (χ0v) is 21.1. The summed E-state index contributed by atoms with van der Waals surface area (Å²) < 4.78 is 41.1. The van der Waals surface area contributed by atoms with Gasteiger partial charge in [0.2, 0.25) is 0 Å². The number of halogens is 3. The van der Waals surface area contributed by atoms with Crippen molar-refractivity contribution in [2.45, 2.75) is 38.3 Å². The minimum absolute atomic E-state index is 0.179. The van der Waals surface area contributed by atoms with Gasteiger partial charge in [-0.25, -0.2) is 15.0 Å². The van der Waals surface area contributed by atoms with E-state index in [1.165, 1.54) is 0 Å². The Hall–Kier alpha value is -3.99. The zero-order valence-electron chi connectivity index (χ0n) is 21.1. The molecule has 4 heterocycles. The first-order chi connectivity index (χ1) is 18.2. The average Bonchev–Trinajstić information content (AvgIpc) is 3.30. The summed E-state index contributed by atoms with van der Waals surface area (Å²) in [5.41, 5.74) is 8.93. The van der Waals surface area contributed by atoms with E-state index in [9.17, 15) is 18.0 Å². The number of amides is 1. The third kappa shape index (κ3) is 4.93. The van der Waals surface area contributed by atoms with Crippen LogP contribution in [0.2, 0.25) is 0 Å². The number of benzene rings is 1. The SMILES string of the molecule is CCc1cnc(N)c2c(-c3ccc(C(=O)Nc4cc(C(F)(F)F)ccn4)cc3)nc(C3CCCN(C)C3)n12. The standard InChI is InChI=1S/C27H28F3N7O/c1-3-20-14-33-24(31)23-22(35-25(37(20)23)18-5-4-12-36(2)15-18)16-6-8-17(9-7-16)26(38)34-21-13-19(10-11-32-21)27(28,29)30/h6-11,13-14,18H,3-5,12,15H2,1-2H3,(H2,31,33)(H,32,34,38). The molecule has 4 aromatic rings. The van der Waals surface area contributed by atoms with Crippen LogP contribution >= 0.6 is 0 Å². The van der Waals surface area contributed by atoms with E-state index in [1.54, 1.807) is 30.5 Å². The molecule has 1 fully saturated rings. The van der Waals surface area contributed by atoms with Crippen LogP contribution in [0.3, 0.4) is 0 Å². The Morgan fingerprint density at radius 3 is 2.63 bits per heavy atom. The first kappa shape index (κ1) is 25.7. The number of carbonyl (C=O) groups excluding carboxylic acids is 1. The fourth-order valence-corrected chi connectivity index (χ4v) is 4.97. The number of aromatic nitrogens is 4. The van der Waals surface area contributed by atoms with Gasteiger partial charge in [-0.05, 0) is 57.1 Å². The summed E-state index contributed by atoms with van der Waals surface area (Å²) in [6.45, 7) is 4.01. The molecule has 5 rings (SSSR count). The monoisotopic (exact) mass is 523 g/mol. The van der Waals surface area contributed by atoms with Gasteiger partial charge in [-0.2, -0.15) is 13.2 Å². The molecule has 0 bridgehead atoms. The molecule has 0 saturated carbocycles. The molecule has 3 N–H and O–H groups in total. The Morgan fingerprint density at radius 1 is 1.18 bits per heavy atom. The first-order valence-electron chi connectivity index (χ1n) is 12.4. The van der Waals surface area contributed by atoms with Crippen LogP contribution in [-0.4, -0.2) is 50.3 Å². The van der Waals surface area contributed by atoms with Crippen molar-refractivity contribution in [3.05, 3.63) is 71.4 Å². The summed E-state index contributed by atoms with van der Waals surface area (Å²) in [6, 6.07) is 8.37. The minimum atomic E-state index is -4.53. The number of likely N-dealkylation sites (N-methyl/N-ethyl adjacent to an activating group) is 1. The van der Waals surface area contributed by atoms with Crippen LogP contribution in [0.1, 0.15) is 53.1 Å². The molecule has 38 heavy (non-hydrogen) atoms. The van der Waals surface area contributed by atoms with Crippen LogP contribution in [0.15, 0.2) is 48.8 Å². The van der Waals surface area contributed by atoms with Crippen LogP contribution in [0.5, 0.6) is 0 Å². The minimum Gasteiger partial charge on any atom is -0.382 e. The van der Waals surface area contributed by atoms with Crippen LogP contribution in [0.25, 0.3) is 16.8 Å². The summed E-state index contributed by atoms with van der Waals surface area (Å²) in [7, 11) is 2.11. The van der Waals surface area contributed by atoms with Crippen LogP contribution in [0, 0.1) is 0 Å². The molecule has 8 nitrogen and oxygen atoms in total. The van der Waals surface area contributed by atoms with E-state index in [-0.39, 0.29) is 17.3 Å². The van der Waals surface area contributed by atoms with Gasteiger partial charge < -0.3 is 16.0 Å². The summed E-state index contributed by atoms with van der Waals surface area (Å²) in [6.07, 6.45) is 1.14. The number of anilines is 2. The van der Waals surface area contributed by atoms with E-state index >= 15 is 0 Å². The third-order valence-electron chi connectivity index (χ3n) is 6.89. The highest BCUT2D eigenvalue weighted by atomic mass is 19.4. The Labute approximate surface area is 217 Å². The van der Waals surface area contributed by atoms with Gasteiger partial charge in [0, 0.05) is 41.7 Å². The first-order valence-corrected chi connectivity index (χ1v) is 12.4. The Kier molecular flexibility index (Phi) is 6.78. The van der Waals surface area contributed by atoms with E-state index in [1.807, 2.05) is 0 Å². The van der Waals surface area contributed by atoms with Crippen molar-refractivity contribution >= 4 is 23.1 Å². The topological polar surface area (TPSA) is 101 Å². The van der Waals surface area contributed by atoms with Gasteiger partial charge in [-0.15, -0.1) is 0 Å². The quantitative estimate of drug-likeness (QED) is 0.381. The molecule has 1 saturated heterocycles. The second-order valence-corrected chi connectivity index (χ2v) is 9.55. The molecule has 1 aliphatic rings. The van der Waals surface area contributed by atoms with E-state index in [4.69, 9.17) is 10.7 Å². The van der Waals surface area contributed by atoms with E-state index in [0.29, 0.717) is 11.5 Å². The lowest BCUT2D eigenvalue weighted by Gasteiger charge is -2.29. The predicted molar refractivity (Wildman–Crippen MR) is 139 cm³/mol. The predicted octanol–water partition coefficient (Wildman–Crippen LogP) is 5.02. The van der Waals surface area contributed by atoms with Crippen LogP contribution < -0.4 is 11.1 Å². The fourth-order valence-electron chi connectivity index (χ4n) is 4.97. The second-order valence-electron chi connectivity index (χ2n) is 9.55. The largest absolute Gasteiger partial charge is 0.416 e. The number of nitrogens with one attached hydrogen (secondary N) is 1. The lowest BCUT2D eigenvalue weighted by molar-refractivity contribution is -0.137. The third-order valence-corrected chi connectivity index (χ3v) is 6.89. The van der Waals surface area contributed by atoms with Crippen molar-refractivity contribution in [2.24, 2.45) is 0 Å². The number of pyridine rings is 1. The highest BCUT2D eigenvalue weighted by molar-refractivity contribution is 6.04. The van der Waals surface area contributed by atoms with Gasteiger partial charge in [-0.3, -0.25) is 9.20 Å². The normalized spacial score (nSPS) is 16.6. The summed E-state index contributed by atoms with van der Waals surface area (Å²) in [5, 5.41) is 2.43. The van der Waals surface area contributed by atoms with Crippen LogP contribution in [-0.2, 0) is 12.6 Å². The number of imidazole rings is 1. The molecule has 1 amide bonds. The number of alkyl halides is 3. The molecule has 0 radical (unpaired) electrons. The number of aryl methyl sites for hydroxylation is 1. The smallest absolute Gasteiger partial charge is 0.382 e. The van der Waals surface area contributed by atoms with Gasteiger partial charge >= 0.3 is 6.18 Å². The fraction of sp³-hybridized carbons (Fsp3) is 0.333. The van der Waals surface area contributed by atoms with Gasteiger partial charge in [0.15, 0.2) is 0 Å². The second kappa shape index (κ2) is 10.1. The van der Waals surface area contributed by atoms with Gasteiger partial charge in [-0.1, -0.05) is 19.1 Å². The van der Waals surface area contributed by atoms with Crippen molar-refractivity contribution in [1.82, 2.24) is 24.3 Å². The zero-order chi connectivity index (χ0) is 27.0. The number of hydrogen-bond acceptors (Lipinski definition) is 6. The average molecular weight is 524 g/mol. The van der Waals surface area contributed by atoms with Crippen molar-refractivity contribution in [1.29, 1.82) is 0 Å². The highest BCUT2D eigenvalue weighted by Gasteiger charge is 2.31. The Balaban J connectivity index is 1.48. The molecule has 11 heteroatoms. The highest BCUT2D eigenvalue weighted by Crippen LogP contribution is 2.35. The lowest BCUT2D eigenvalue weighted by Crippen LogP contribution is -2.31. The number of nitrogens with zero attached hydrogens (tertiary/aromatic N) is 5. The molecule has 3 aromatic heterocycles. The van der Waals surface area contributed by atoms with Gasteiger partial charge in [0.25, 0.3) is 5.91 Å². The maximum Gasteiger partial charge on any atom is 0.416 e. The molecule has 0 aliphatic carbocycles. The Bertz CT molecular complexity index is 1480. The van der Waals surface area contributed by atoms with Gasteiger partial charge in [0.05, 0.1) is 5.56 Å². The maximum absolute atomic E-state index is 13.0. The number of likely N-dealkylation sites (tertiary alicyclic amines) is 1. The van der Waals surface area contributed by atoms with Crippen LogP contribution in [0.4, 0.5) is 24.8 Å². The van der Waals surface area contributed by atoms with Crippen molar-refractivity contribution in [2.75, 3.05) is 31.2 Å². The molecular weight excluding hydrogens is 495 g/mol. The lowest BCUT2D eigenvalue weighted by atomic mass is 9.97. The summed E-state index contributed by atoms with van der Waals surface area (Å²) >= 11 is 0. The number of hydrogen-bond donors (Lipinski definition) is 2. The summed E-state index contributed by atoms with van der Waals surface area (Å²) in [4.78, 5) is 28.3. The number of nitrogen functional groups attached to an aromatic ring is 1. The molecule has 1 unspecified atom stereocenters. The molecule has 0 spiro atoms. The number of piperidine rings is 1. The number of fused-ring (bicyclic) bond motifs is 1. The maximum atomic E-state index is 13.0. The number of nitrogens with two attached hydrogens (primary N) is 1.